The maximum Gasteiger partial charge on any atom is 0.337 e. The van der Waals surface area contributed by atoms with Gasteiger partial charge in [-0.05, 0) is 17.7 Å². The minimum atomic E-state index is -0.774. The summed E-state index contributed by atoms with van der Waals surface area (Å²) < 4.78 is 4.47. The van der Waals surface area contributed by atoms with Crippen molar-refractivity contribution in [1.82, 2.24) is 0 Å². The van der Waals surface area contributed by atoms with Crippen LogP contribution in [-0.4, -0.2) is 24.3 Å². The van der Waals surface area contributed by atoms with Crippen LogP contribution in [-0.2, 0) is 9.53 Å². The van der Waals surface area contributed by atoms with Crippen molar-refractivity contribution in [3.63, 3.8) is 0 Å². The molecule has 0 aromatic heterocycles. The Balaban J connectivity index is 2.83. The van der Waals surface area contributed by atoms with E-state index in [9.17, 15) is 9.90 Å². The zero-order valence-electron chi connectivity index (χ0n) is 6.78. The zero-order valence-corrected chi connectivity index (χ0v) is 6.78. The molecule has 0 spiro atoms. The van der Waals surface area contributed by atoms with Crippen LogP contribution in [0.1, 0.15) is 0 Å². The largest absolute Gasteiger partial charge is 0.465 e. The van der Waals surface area contributed by atoms with Crippen LogP contribution in [0.2, 0.25) is 0 Å². The van der Waals surface area contributed by atoms with Crippen molar-refractivity contribution in [2.45, 2.75) is 6.10 Å². The van der Waals surface area contributed by atoms with Gasteiger partial charge < -0.3 is 9.84 Å². The fourth-order valence-electron chi connectivity index (χ4n) is 0.882. The maximum atomic E-state index is 10.9. The summed E-state index contributed by atoms with van der Waals surface area (Å²) in [5, 5.41) is 9.26. The third kappa shape index (κ3) is 1.62. The van der Waals surface area contributed by atoms with Crippen LogP contribution < -0.4 is 0 Å². The predicted octanol–water partition coefficient (Wildman–Crippen LogP) is 0.573. The highest BCUT2D eigenvalue weighted by molar-refractivity contribution is 5.92. The smallest absolute Gasteiger partial charge is 0.337 e. The quantitative estimate of drug-likeness (QED) is 0.579. The van der Waals surface area contributed by atoms with Gasteiger partial charge in [0.2, 0.25) is 0 Å². The standard InChI is InChI=1S/C9H10O3/c1-6-3-4-7(5-8(6)10)9(11)12-2/h3-5,8,10H,1H2,2H3. The number of aliphatic hydroxyl groups excluding tert-OH is 1. The molecule has 0 aliphatic heterocycles. The summed E-state index contributed by atoms with van der Waals surface area (Å²) in [5.41, 5.74) is 0.931. The van der Waals surface area contributed by atoms with Gasteiger partial charge in [0.1, 0.15) is 0 Å². The Labute approximate surface area is 70.7 Å². The van der Waals surface area contributed by atoms with Crippen molar-refractivity contribution in [2.24, 2.45) is 0 Å². The van der Waals surface area contributed by atoms with Crippen molar-refractivity contribution < 1.29 is 14.6 Å². The van der Waals surface area contributed by atoms with Gasteiger partial charge in [0, 0.05) is 0 Å². The molecule has 0 aromatic rings. The molecule has 1 aliphatic rings. The Hall–Kier alpha value is -1.35. The number of ether oxygens (including phenoxy) is 1. The highest BCUT2D eigenvalue weighted by Crippen LogP contribution is 2.15. The molecule has 1 N–H and O–H groups in total. The summed E-state index contributed by atoms with van der Waals surface area (Å²) in [5.74, 6) is -0.446. The van der Waals surface area contributed by atoms with Crippen LogP contribution in [0.5, 0.6) is 0 Å². The summed E-state index contributed by atoms with van der Waals surface area (Å²) in [6, 6.07) is 0. The van der Waals surface area contributed by atoms with Gasteiger partial charge in [0.25, 0.3) is 0 Å². The molecule has 0 saturated heterocycles. The van der Waals surface area contributed by atoms with Crippen LogP contribution in [0.4, 0.5) is 0 Å². The van der Waals surface area contributed by atoms with Crippen molar-refractivity contribution in [3.05, 3.63) is 36.0 Å². The molecule has 1 rings (SSSR count). The Morgan fingerprint density at radius 3 is 2.83 bits per heavy atom. The minimum absolute atomic E-state index is 0.359. The number of hydrogen-bond donors (Lipinski definition) is 1. The molecule has 3 heteroatoms. The van der Waals surface area contributed by atoms with E-state index in [0.717, 1.165) is 0 Å². The van der Waals surface area contributed by atoms with Crippen molar-refractivity contribution in [2.75, 3.05) is 7.11 Å². The van der Waals surface area contributed by atoms with Crippen LogP contribution in [0.25, 0.3) is 0 Å². The van der Waals surface area contributed by atoms with Gasteiger partial charge in [-0.15, -0.1) is 0 Å². The number of esters is 1. The van der Waals surface area contributed by atoms with Gasteiger partial charge in [-0.3, -0.25) is 0 Å². The lowest BCUT2D eigenvalue weighted by atomic mass is 10.0. The molecule has 64 valence electrons. The molecular formula is C9H10O3. The molecule has 1 atom stereocenters. The lowest BCUT2D eigenvalue weighted by molar-refractivity contribution is -0.135. The van der Waals surface area contributed by atoms with Crippen molar-refractivity contribution in [3.8, 4) is 0 Å². The summed E-state index contributed by atoms with van der Waals surface area (Å²) in [4.78, 5) is 10.9. The van der Waals surface area contributed by atoms with Crippen LogP contribution in [0.3, 0.4) is 0 Å². The summed E-state index contributed by atoms with van der Waals surface area (Å²) in [6.07, 6.45) is 3.80. The van der Waals surface area contributed by atoms with Crippen molar-refractivity contribution >= 4 is 5.97 Å². The molecule has 0 fully saturated rings. The van der Waals surface area contributed by atoms with E-state index in [2.05, 4.69) is 11.3 Å². The SMILES string of the molecule is C=C1C=CC(C(=O)OC)=CC1O. The Kier molecular flexibility index (Phi) is 2.45. The fourth-order valence-corrected chi connectivity index (χ4v) is 0.882. The summed E-state index contributed by atoms with van der Waals surface area (Å²) in [7, 11) is 1.30. The molecule has 1 aliphatic carbocycles. The van der Waals surface area contributed by atoms with Crippen LogP contribution >= 0.6 is 0 Å². The fraction of sp³-hybridized carbons (Fsp3) is 0.222. The number of carbonyl (C=O) groups excluding carboxylic acids is 1. The number of methoxy groups -OCH3 is 1. The first kappa shape index (κ1) is 8.74. The number of aliphatic hydroxyl groups is 1. The Bertz CT molecular complexity index is 273. The third-order valence-corrected chi connectivity index (χ3v) is 1.62. The van der Waals surface area contributed by atoms with E-state index in [1.54, 1.807) is 12.2 Å². The monoisotopic (exact) mass is 166 g/mol. The second-order valence-electron chi connectivity index (χ2n) is 2.47. The first-order valence-electron chi connectivity index (χ1n) is 3.50. The van der Waals surface area contributed by atoms with Gasteiger partial charge in [-0.2, -0.15) is 0 Å². The Morgan fingerprint density at radius 1 is 1.67 bits per heavy atom. The van der Waals surface area contributed by atoms with E-state index >= 15 is 0 Å². The predicted molar refractivity (Wildman–Crippen MR) is 44.4 cm³/mol. The first-order chi connectivity index (χ1) is 5.65. The Morgan fingerprint density at radius 2 is 2.33 bits per heavy atom. The van der Waals surface area contributed by atoms with E-state index < -0.39 is 12.1 Å². The highest BCUT2D eigenvalue weighted by atomic mass is 16.5. The molecule has 3 nitrogen and oxygen atoms in total. The number of carbonyl (C=O) groups is 1. The normalized spacial score (nSPS) is 22.0. The van der Waals surface area contributed by atoms with Crippen LogP contribution in [0.15, 0.2) is 36.0 Å². The molecule has 0 aromatic carbocycles. The second-order valence-corrected chi connectivity index (χ2v) is 2.47. The van der Waals surface area contributed by atoms with E-state index in [4.69, 9.17) is 0 Å². The molecule has 12 heavy (non-hydrogen) atoms. The van der Waals surface area contributed by atoms with Gasteiger partial charge in [-0.1, -0.05) is 12.7 Å². The third-order valence-electron chi connectivity index (χ3n) is 1.62. The first-order valence-corrected chi connectivity index (χ1v) is 3.50. The zero-order chi connectivity index (χ0) is 9.14. The highest BCUT2D eigenvalue weighted by Gasteiger charge is 2.14. The van der Waals surface area contributed by atoms with Crippen LogP contribution in [0, 0.1) is 0 Å². The minimum Gasteiger partial charge on any atom is -0.465 e. The second kappa shape index (κ2) is 3.36. The number of rotatable bonds is 1. The van der Waals surface area contributed by atoms with Crippen molar-refractivity contribution in [1.29, 1.82) is 0 Å². The van der Waals surface area contributed by atoms with E-state index in [1.807, 2.05) is 0 Å². The molecule has 0 radical (unpaired) electrons. The van der Waals surface area contributed by atoms with E-state index in [1.165, 1.54) is 13.2 Å². The lowest BCUT2D eigenvalue weighted by Crippen LogP contribution is -2.13. The lowest BCUT2D eigenvalue weighted by Gasteiger charge is -2.11. The summed E-state index contributed by atoms with van der Waals surface area (Å²) in [6.45, 7) is 3.58. The molecule has 0 bridgehead atoms. The summed E-state index contributed by atoms with van der Waals surface area (Å²) >= 11 is 0. The molecule has 0 amide bonds. The topological polar surface area (TPSA) is 46.5 Å². The van der Waals surface area contributed by atoms with E-state index in [-0.39, 0.29) is 0 Å². The average molecular weight is 166 g/mol. The molecule has 1 unspecified atom stereocenters. The number of hydrogen-bond acceptors (Lipinski definition) is 3. The van der Waals surface area contributed by atoms with Gasteiger partial charge in [-0.25, -0.2) is 4.79 Å². The molecular weight excluding hydrogens is 156 g/mol. The van der Waals surface area contributed by atoms with Gasteiger partial charge in [0.15, 0.2) is 0 Å². The molecule has 0 saturated carbocycles. The van der Waals surface area contributed by atoms with E-state index in [0.29, 0.717) is 11.1 Å². The van der Waals surface area contributed by atoms with Gasteiger partial charge in [0.05, 0.1) is 18.8 Å². The van der Waals surface area contributed by atoms with Gasteiger partial charge >= 0.3 is 5.97 Å². The average Bonchev–Trinajstić information content (AvgIpc) is 2.08. The molecule has 0 heterocycles. The maximum absolute atomic E-state index is 10.9.